The minimum absolute atomic E-state index is 0.0410. The molecule has 334 valence electrons. The molecular weight excluding hydrogens is 819 g/mol. The van der Waals surface area contributed by atoms with E-state index in [0.717, 1.165) is 22.6 Å². The molecule has 1 nitrogen and oxygen atoms in total. The Morgan fingerprint density at radius 2 is 0.779 bits per heavy atom. The molecule has 0 aromatic heterocycles. The Balaban J connectivity index is 1.15. The predicted molar refractivity (Wildman–Crippen MR) is 293 cm³/mol. The van der Waals surface area contributed by atoms with Gasteiger partial charge in [0.15, 0.2) is 0 Å². The van der Waals surface area contributed by atoms with Crippen LogP contribution in [0.3, 0.4) is 0 Å². The van der Waals surface area contributed by atoms with Crippen molar-refractivity contribution in [2.75, 3.05) is 4.90 Å². The molecule has 9 aromatic carbocycles. The average molecular weight is 880 g/mol. The molecule has 0 saturated heterocycles. The summed E-state index contributed by atoms with van der Waals surface area (Å²) in [5, 5.41) is 2.51. The zero-order chi connectivity index (χ0) is 47.0. The predicted octanol–water partition coefficient (Wildman–Crippen LogP) is 19.3. The smallest absolute Gasteiger partial charge is 0.0540 e. The summed E-state index contributed by atoms with van der Waals surface area (Å²) in [5.41, 5.74) is 19.5. The van der Waals surface area contributed by atoms with E-state index in [9.17, 15) is 0 Å². The fourth-order valence-electron chi connectivity index (χ4n) is 10.7. The van der Waals surface area contributed by atoms with Crippen molar-refractivity contribution in [3.8, 4) is 55.6 Å². The molecule has 1 aliphatic carbocycles. The number of nitrogens with zero attached hydrogens (tertiary/aromatic N) is 1. The fraction of sp³-hybridized carbons (Fsp3) is 0.164. The van der Waals surface area contributed by atoms with E-state index in [1.807, 2.05) is 0 Å². The van der Waals surface area contributed by atoms with Crippen LogP contribution in [-0.2, 0) is 0 Å². The number of anilines is 3. The summed E-state index contributed by atoms with van der Waals surface area (Å²) >= 11 is 0. The lowest BCUT2D eigenvalue weighted by Gasteiger charge is -2.42. The van der Waals surface area contributed by atoms with Gasteiger partial charge in [-0.25, -0.2) is 0 Å². The molecule has 0 radical (unpaired) electrons. The van der Waals surface area contributed by atoms with Gasteiger partial charge in [-0.1, -0.05) is 260 Å². The maximum absolute atomic E-state index is 2.58. The van der Waals surface area contributed by atoms with Crippen LogP contribution in [0.25, 0.3) is 72.0 Å². The van der Waals surface area contributed by atoms with Crippen molar-refractivity contribution in [1.82, 2.24) is 0 Å². The Bertz CT molecular complexity index is 3260. The van der Waals surface area contributed by atoms with Gasteiger partial charge in [-0.05, 0) is 113 Å². The van der Waals surface area contributed by atoms with Crippen molar-refractivity contribution in [3.63, 3.8) is 0 Å². The topological polar surface area (TPSA) is 3.24 Å². The number of fused-ring (bicyclic) bond motifs is 1. The second kappa shape index (κ2) is 18.3. The number of hydrogen-bond acceptors (Lipinski definition) is 1. The van der Waals surface area contributed by atoms with Gasteiger partial charge in [0.25, 0.3) is 0 Å². The molecule has 1 aliphatic rings. The third-order valence-electron chi connectivity index (χ3n) is 14.1. The zero-order valence-electron chi connectivity index (χ0n) is 40.5. The molecule has 0 saturated carbocycles. The number of rotatable bonds is 9. The van der Waals surface area contributed by atoms with Crippen molar-refractivity contribution in [2.45, 2.75) is 48.5 Å². The van der Waals surface area contributed by atoms with Gasteiger partial charge < -0.3 is 4.90 Å². The number of hydrogen-bond donors (Lipinski definition) is 0. The molecule has 68 heavy (non-hydrogen) atoms. The fourth-order valence-corrected chi connectivity index (χ4v) is 10.7. The van der Waals surface area contributed by atoms with Gasteiger partial charge in [0.05, 0.1) is 11.4 Å². The second-order valence-electron chi connectivity index (χ2n) is 20.7. The van der Waals surface area contributed by atoms with Crippen LogP contribution >= 0.6 is 0 Å². The monoisotopic (exact) mass is 879 g/mol. The van der Waals surface area contributed by atoms with E-state index >= 15 is 0 Å². The first-order valence-electron chi connectivity index (χ1n) is 24.3. The maximum Gasteiger partial charge on any atom is 0.0540 e. The van der Waals surface area contributed by atoms with Crippen molar-refractivity contribution in [2.24, 2.45) is 22.7 Å². The highest BCUT2D eigenvalue weighted by atomic mass is 15.1. The number of allylic oxidation sites excluding steroid dienone is 4. The van der Waals surface area contributed by atoms with Gasteiger partial charge in [0.2, 0.25) is 0 Å². The summed E-state index contributed by atoms with van der Waals surface area (Å²) in [7, 11) is 0. The van der Waals surface area contributed by atoms with Gasteiger partial charge >= 0.3 is 0 Å². The van der Waals surface area contributed by atoms with Crippen LogP contribution in [0.4, 0.5) is 17.1 Å². The van der Waals surface area contributed by atoms with Crippen LogP contribution in [0.5, 0.6) is 0 Å². The van der Waals surface area contributed by atoms with E-state index in [1.165, 1.54) is 77.6 Å². The summed E-state index contributed by atoms with van der Waals surface area (Å²) in [6, 6.07) is 80.0. The third-order valence-corrected chi connectivity index (χ3v) is 14.1. The van der Waals surface area contributed by atoms with E-state index in [4.69, 9.17) is 0 Å². The van der Waals surface area contributed by atoms with Crippen molar-refractivity contribution >= 4 is 33.4 Å². The lowest BCUT2D eigenvalue weighted by Crippen LogP contribution is -2.32. The maximum atomic E-state index is 2.58. The van der Waals surface area contributed by atoms with Crippen molar-refractivity contribution < 1.29 is 0 Å². The Labute approximate surface area is 404 Å². The van der Waals surface area contributed by atoms with Gasteiger partial charge in [0.1, 0.15) is 0 Å². The van der Waals surface area contributed by atoms with E-state index in [-0.39, 0.29) is 10.8 Å². The first-order chi connectivity index (χ1) is 32.9. The Morgan fingerprint density at radius 3 is 1.29 bits per heavy atom. The average Bonchev–Trinajstić information content (AvgIpc) is 3.37. The van der Waals surface area contributed by atoms with Crippen molar-refractivity contribution in [1.29, 1.82) is 0 Å². The Hall–Kier alpha value is -7.48. The highest BCUT2D eigenvalue weighted by Gasteiger charge is 2.37. The molecule has 2 unspecified atom stereocenters. The van der Waals surface area contributed by atoms with E-state index in [2.05, 4.69) is 284 Å². The van der Waals surface area contributed by atoms with Gasteiger partial charge in [-0.2, -0.15) is 0 Å². The molecular formula is C67H61N. The summed E-state index contributed by atoms with van der Waals surface area (Å²) in [5.74, 6) is 0.835. The molecule has 0 N–H and O–H groups in total. The Morgan fingerprint density at radius 1 is 0.368 bits per heavy atom. The van der Waals surface area contributed by atoms with Crippen molar-refractivity contribution in [3.05, 3.63) is 242 Å². The van der Waals surface area contributed by atoms with E-state index in [1.54, 1.807) is 0 Å². The minimum atomic E-state index is 0.0410. The zero-order valence-corrected chi connectivity index (χ0v) is 40.5. The van der Waals surface area contributed by atoms with Crippen LogP contribution < -0.4 is 4.90 Å². The molecule has 0 heterocycles. The van der Waals surface area contributed by atoms with Crippen LogP contribution in [0, 0.1) is 22.7 Å². The summed E-state index contributed by atoms with van der Waals surface area (Å²) in [6.45, 7) is 16.8. The quantitative estimate of drug-likeness (QED) is 0.140. The molecule has 1 heteroatoms. The second-order valence-corrected chi connectivity index (χ2v) is 20.7. The molecule has 9 aromatic rings. The lowest BCUT2D eigenvalue weighted by molar-refractivity contribution is 0.219. The molecule has 0 bridgehead atoms. The minimum Gasteiger partial charge on any atom is -0.309 e. The summed E-state index contributed by atoms with van der Waals surface area (Å²) in [6.07, 6.45) is 5.10. The normalized spacial score (nSPS) is 15.2. The first-order valence-corrected chi connectivity index (χ1v) is 24.3. The largest absolute Gasteiger partial charge is 0.309 e. The van der Waals surface area contributed by atoms with Crippen LogP contribution in [0.15, 0.2) is 236 Å². The SMILES string of the molecule is CC1C(C(C)(C)C)=CC(c2cccc3cccc(-c4ccccc4N(c4ccc(-c5ccc(-c6ccccc6)cc5)cc4)c4ccccc4-c4ccc(-c5ccccc5)cc4)c23)=CC1C(C)(C)C. The molecule has 10 rings (SSSR count). The summed E-state index contributed by atoms with van der Waals surface area (Å²) < 4.78 is 0. The molecule has 0 amide bonds. The van der Waals surface area contributed by atoms with Gasteiger partial charge in [0, 0.05) is 16.8 Å². The molecule has 0 aliphatic heterocycles. The van der Waals surface area contributed by atoms with Gasteiger partial charge in [-0.3, -0.25) is 0 Å². The van der Waals surface area contributed by atoms with E-state index in [0.29, 0.717) is 11.8 Å². The van der Waals surface area contributed by atoms with Crippen LogP contribution in [-0.4, -0.2) is 0 Å². The number of para-hydroxylation sites is 2. The van der Waals surface area contributed by atoms with Crippen LogP contribution in [0.2, 0.25) is 0 Å². The highest BCUT2D eigenvalue weighted by molar-refractivity contribution is 6.08. The lowest BCUT2D eigenvalue weighted by atomic mass is 9.63. The van der Waals surface area contributed by atoms with Crippen LogP contribution in [0.1, 0.15) is 54.0 Å². The third kappa shape index (κ3) is 8.78. The van der Waals surface area contributed by atoms with E-state index < -0.39 is 0 Å². The van der Waals surface area contributed by atoms with Gasteiger partial charge in [-0.15, -0.1) is 0 Å². The number of benzene rings is 9. The standard InChI is InChI=1S/C67H61N/c1-46-61(66(2,3)4)44-55(45-62(46)67(5,6)7)58-28-18-24-54-25-19-29-60(65(54)58)59-27-15-17-31-64(59)68(56-42-40-52(41-43-56)51-34-32-49(33-35-51)47-20-10-8-11-21-47)63-30-16-14-26-57(63)53-38-36-50(37-39-53)48-22-12-9-13-23-48/h8-46,61H,1-7H3. The molecule has 0 spiro atoms. The first kappa shape index (κ1) is 44.4. The Kier molecular flexibility index (Phi) is 11.9. The molecule has 2 atom stereocenters. The summed E-state index contributed by atoms with van der Waals surface area (Å²) in [4.78, 5) is 2.48. The molecule has 0 fully saturated rings. The highest BCUT2D eigenvalue weighted by Crippen LogP contribution is 2.51.